The molecular formula is C17H29NO3. The predicted molar refractivity (Wildman–Crippen MR) is 85.9 cm³/mol. The number of benzene rings is 1. The number of ether oxygens (including phenoxy) is 3. The third-order valence-electron chi connectivity index (χ3n) is 2.97. The molecule has 0 aromatic heterocycles. The Morgan fingerprint density at radius 2 is 1.62 bits per heavy atom. The molecule has 0 spiro atoms. The van der Waals surface area contributed by atoms with Gasteiger partial charge in [-0.3, -0.25) is 0 Å². The molecule has 1 rings (SSSR count). The van der Waals surface area contributed by atoms with E-state index in [2.05, 4.69) is 17.4 Å². The lowest BCUT2D eigenvalue weighted by atomic mass is 10.1. The SMILES string of the molecule is CNC(COCCOC(C)C)c1ccc(OC(C)C)cc1. The summed E-state index contributed by atoms with van der Waals surface area (Å²) in [5, 5.41) is 3.27. The first-order valence-corrected chi connectivity index (χ1v) is 7.66. The van der Waals surface area contributed by atoms with Crippen LogP contribution in [0.15, 0.2) is 24.3 Å². The first-order chi connectivity index (χ1) is 10.0. The summed E-state index contributed by atoms with van der Waals surface area (Å²) in [6.45, 7) is 9.98. The molecule has 0 amide bonds. The quantitative estimate of drug-likeness (QED) is 0.673. The molecule has 1 aromatic rings. The molecule has 0 aliphatic rings. The zero-order valence-corrected chi connectivity index (χ0v) is 13.9. The maximum atomic E-state index is 5.67. The average molecular weight is 295 g/mol. The van der Waals surface area contributed by atoms with Crippen LogP contribution in [0.1, 0.15) is 39.3 Å². The molecule has 0 saturated heterocycles. The van der Waals surface area contributed by atoms with Crippen molar-refractivity contribution in [1.29, 1.82) is 0 Å². The van der Waals surface area contributed by atoms with Crippen LogP contribution in [0.4, 0.5) is 0 Å². The molecule has 0 heterocycles. The van der Waals surface area contributed by atoms with Crippen LogP contribution in [0.3, 0.4) is 0 Å². The highest BCUT2D eigenvalue weighted by atomic mass is 16.5. The minimum Gasteiger partial charge on any atom is -0.491 e. The predicted octanol–water partition coefficient (Wildman–Crippen LogP) is 3.18. The first kappa shape index (κ1) is 18.0. The third-order valence-corrected chi connectivity index (χ3v) is 2.97. The van der Waals surface area contributed by atoms with Crippen molar-refractivity contribution in [2.24, 2.45) is 0 Å². The number of hydrogen-bond donors (Lipinski definition) is 1. The molecule has 0 saturated carbocycles. The van der Waals surface area contributed by atoms with E-state index < -0.39 is 0 Å². The van der Waals surface area contributed by atoms with Gasteiger partial charge in [0.15, 0.2) is 0 Å². The maximum absolute atomic E-state index is 5.67. The van der Waals surface area contributed by atoms with Crippen LogP contribution < -0.4 is 10.1 Å². The van der Waals surface area contributed by atoms with E-state index in [4.69, 9.17) is 14.2 Å². The molecule has 21 heavy (non-hydrogen) atoms. The minimum absolute atomic E-state index is 0.178. The second kappa shape index (κ2) is 9.77. The molecule has 0 radical (unpaired) electrons. The summed E-state index contributed by atoms with van der Waals surface area (Å²) in [6, 6.07) is 8.33. The number of hydrogen-bond acceptors (Lipinski definition) is 4. The minimum atomic E-state index is 0.178. The van der Waals surface area contributed by atoms with Gasteiger partial charge in [-0.05, 0) is 52.4 Å². The standard InChI is InChI=1S/C17H29NO3/c1-13(2)20-11-10-19-12-17(18-5)15-6-8-16(9-7-15)21-14(3)4/h6-9,13-14,17-18H,10-12H2,1-5H3. The van der Waals surface area contributed by atoms with Crippen molar-refractivity contribution >= 4 is 0 Å². The van der Waals surface area contributed by atoms with Gasteiger partial charge < -0.3 is 19.5 Å². The highest BCUT2D eigenvalue weighted by molar-refractivity contribution is 5.29. The summed E-state index contributed by atoms with van der Waals surface area (Å²) in [5.74, 6) is 0.898. The highest BCUT2D eigenvalue weighted by Crippen LogP contribution is 2.19. The van der Waals surface area contributed by atoms with Gasteiger partial charge in [-0.25, -0.2) is 0 Å². The third kappa shape index (κ3) is 7.46. The van der Waals surface area contributed by atoms with Crippen molar-refractivity contribution in [3.63, 3.8) is 0 Å². The van der Waals surface area contributed by atoms with Gasteiger partial charge >= 0.3 is 0 Å². The van der Waals surface area contributed by atoms with Crippen LogP contribution in [-0.2, 0) is 9.47 Å². The summed E-state index contributed by atoms with van der Waals surface area (Å²) in [7, 11) is 1.94. The van der Waals surface area contributed by atoms with E-state index in [-0.39, 0.29) is 18.2 Å². The summed E-state index contributed by atoms with van der Waals surface area (Å²) in [5.41, 5.74) is 1.19. The van der Waals surface area contributed by atoms with Crippen LogP contribution in [0.2, 0.25) is 0 Å². The second-order valence-electron chi connectivity index (χ2n) is 5.57. The number of likely N-dealkylation sites (N-methyl/N-ethyl adjacent to an activating group) is 1. The van der Waals surface area contributed by atoms with Crippen molar-refractivity contribution in [3.05, 3.63) is 29.8 Å². The lowest BCUT2D eigenvalue weighted by molar-refractivity contribution is 0.0142. The normalized spacial score (nSPS) is 12.9. The zero-order chi connectivity index (χ0) is 15.7. The van der Waals surface area contributed by atoms with Gasteiger partial charge in [0.05, 0.1) is 38.1 Å². The van der Waals surface area contributed by atoms with E-state index in [1.807, 2.05) is 46.9 Å². The molecule has 120 valence electrons. The molecule has 1 N–H and O–H groups in total. The Bertz CT molecular complexity index is 376. The molecule has 0 bridgehead atoms. The van der Waals surface area contributed by atoms with E-state index >= 15 is 0 Å². The topological polar surface area (TPSA) is 39.7 Å². The monoisotopic (exact) mass is 295 g/mol. The average Bonchev–Trinajstić information content (AvgIpc) is 2.43. The lowest BCUT2D eigenvalue weighted by Gasteiger charge is -2.18. The fraction of sp³-hybridized carbons (Fsp3) is 0.647. The molecule has 0 fully saturated rings. The Hall–Kier alpha value is -1.10. The molecule has 1 aromatic carbocycles. The zero-order valence-electron chi connectivity index (χ0n) is 13.9. The number of nitrogens with one attached hydrogen (secondary N) is 1. The van der Waals surface area contributed by atoms with E-state index in [9.17, 15) is 0 Å². The molecule has 0 aliphatic carbocycles. The van der Waals surface area contributed by atoms with Crippen molar-refractivity contribution in [3.8, 4) is 5.75 Å². The van der Waals surface area contributed by atoms with Crippen LogP contribution >= 0.6 is 0 Å². The fourth-order valence-electron chi connectivity index (χ4n) is 1.94. The van der Waals surface area contributed by atoms with Gasteiger partial charge in [0.1, 0.15) is 5.75 Å². The van der Waals surface area contributed by atoms with Gasteiger partial charge in [0, 0.05) is 0 Å². The van der Waals surface area contributed by atoms with Crippen LogP contribution in [-0.4, -0.2) is 39.1 Å². The van der Waals surface area contributed by atoms with E-state index in [0.717, 1.165) is 5.75 Å². The summed E-state index contributed by atoms with van der Waals surface area (Å²) < 4.78 is 16.8. The summed E-state index contributed by atoms with van der Waals surface area (Å²) in [4.78, 5) is 0. The summed E-state index contributed by atoms with van der Waals surface area (Å²) in [6.07, 6.45) is 0.447. The Labute approximate surface area is 128 Å². The molecule has 4 heteroatoms. The van der Waals surface area contributed by atoms with Gasteiger partial charge in [0.2, 0.25) is 0 Å². The number of rotatable bonds is 10. The first-order valence-electron chi connectivity index (χ1n) is 7.66. The van der Waals surface area contributed by atoms with Gasteiger partial charge in [-0.15, -0.1) is 0 Å². The lowest BCUT2D eigenvalue weighted by Crippen LogP contribution is -2.23. The van der Waals surface area contributed by atoms with Crippen LogP contribution in [0.25, 0.3) is 0 Å². The van der Waals surface area contributed by atoms with Crippen LogP contribution in [0, 0.1) is 0 Å². The van der Waals surface area contributed by atoms with Gasteiger partial charge in [0.25, 0.3) is 0 Å². The van der Waals surface area contributed by atoms with E-state index in [1.165, 1.54) is 5.56 Å². The van der Waals surface area contributed by atoms with Gasteiger partial charge in [-0.1, -0.05) is 12.1 Å². The second-order valence-corrected chi connectivity index (χ2v) is 5.57. The summed E-state index contributed by atoms with van der Waals surface area (Å²) >= 11 is 0. The molecule has 4 nitrogen and oxygen atoms in total. The molecule has 1 atom stereocenters. The molecule has 0 aliphatic heterocycles. The van der Waals surface area contributed by atoms with Crippen LogP contribution in [0.5, 0.6) is 5.75 Å². The Balaban J connectivity index is 2.40. The van der Waals surface area contributed by atoms with Gasteiger partial charge in [-0.2, -0.15) is 0 Å². The van der Waals surface area contributed by atoms with E-state index in [1.54, 1.807) is 0 Å². The van der Waals surface area contributed by atoms with E-state index in [0.29, 0.717) is 19.8 Å². The Kier molecular flexibility index (Phi) is 8.35. The molecule has 1 unspecified atom stereocenters. The largest absolute Gasteiger partial charge is 0.491 e. The van der Waals surface area contributed by atoms with Crippen molar-refractivity contribution in [2.45, 2.75) is 45.9 Å². The van der Waals surface area contributed by atoms with Crippen molar-refractivity contribution in [2.75, 3.05) is 26.9 Å². The Morgan fingerprint density at radius 1 is 0.952 bits per heavy atom. The van der Waals surface area contributed by atoms with Crippen molar-refractivity contribution in [1.82, 2.24) is 5.32 Å². The van der Waals surface area contributed by atoms with Crippen molar-refractivity contribution < 1.29 is 14.2 Å². The molecular weight excluding hydrogens is 266 g/mol. The smallest absolute Gasteiger partial charge is 0.119 e. The Morgan fingerprint density at radius 3 is 2.14 bits per heavy atom. The maximum Gasteiger partial charge on any atom is 0.119 e. The fourth-order valence-corrected chi connectivity index (χ4v) is 1.94. The highest BCUT2D eigenvalue weighted by Gasteiger charge is 2.09.